The van der Waals surface area contributed by atoms with Crippen LogP contribution in [0.15, 0.2) is 121 Å². The topological polar surface area (TPSA) is 34.1 Å². The minimum Gasteiger partial charge on any atom is -0.289 e. The lowest BCUT2D eigenvalue weighted by atomic mass is 9.79. The summed E-state index contributed by atoms with van der Waals surface area (Å²) in [4.78, 5) is 27.7. The van der Waals surface area contributed by atoms with Crippen LogP contribution in [-0.4, -0.2) is 11.6 Å². The van der Waals surface area contributed by atoms with Gasteiger partial charge >= 0.3 is 0 Å². The molecule has 0 aliphatic heterocycles. The molecule has 0 N–H and O–H groups in total. The zero-order valence-corrected chi connectivity index (χ0v) is 21.4. The molecule has 184 valence electrons. The van der Waals surface area contributed by atoms with Gasteiger partial charge in [-0.1, -0.05) is 109 Å². The lowest BCUT2D eigenvalue weighted by Crippen LogP contribution is -2.05. The van der Waals surface area contributed by atoms with Gasteiger partial charge in [0.05, 0.1) is 0 Å². The van der Waals surface area contributed by atoms with Gasteiger partial charge in [0.1, 0.15) is 0 Å². The second kappa shape index (κ2) is 7.62. The van der Waals surface area contributed by atoms with Crippen molar-refractivity contribution in [2.24, 2.45) is 0 Å². The molecule has 0 fully saturated rings. The average Bonchev–Trinajstić information content (AvgIpc) is 3.03. The number of ketones is 2. The molecule has 0 saturated heterocycles. The maximum absolute atomic E-state index is 13.9. The fourth-order valence-corrected chi connectivity index (χ4v) is 6.95. The van der Waals surface area contributed by atoms with Gasteiger partial charge in [0, 0.05) is 22.3 Å². The van der Waals surface area contributed by atoms with Crippen LogP contribution >= 0.6 is 0 Å². The van der Waals surface area contributed by atoms with Gasteiger partial charge in [-0.05, 0) is 76.8 Å². The lowest BCUT2D eigenvalue weighted by Gasteiger charge is -2.23. The fraction of sp³-hybridized carbons (Fsp3) is 0. The molecule has 40 heavy (non-hydrogen) atoms. The molecule has 9 aromatic rings. The van der Waals surface area contributed by atoms with Crippen molar-refractivity contribution in [1.82, 2.24) is 0 Å². The first-order valence-corrected chi connectivity index (χ1v) is 13.5. The Kier molecular flexibility index (Phi) is 4.11. The second-order valence-electron chi connectivity index (χ2n) is 10.7. The number of carbonyl (C=O) groups is 2. The van der Waals surface area contributed by atoms with Crippen molar-refractivity contribution in [2.45, 2.75) is 0 Å². The van der Waals surface area contributed by atoms with Gasteiger partial charge in [-0.2, -0.15) is 0 Å². The third-order valence-electron chi connectivity index (χ3n) is 8.68. The first-order valence-electron chi connectivity index (χ1n) is 13.5. The molecule has 0 bridgehead atoms. The van der Waals surface area contributed by atoms with Crippen molar-refractivity contribution in [3.8, 4) is 0 Å². The first-order chi connectivity index (χ1) is 19.7. The zero-order valence-electron chi connectivity index (χ0n) is 21.4. The molecule has 2 heteroatoms. The van der Waals surface area contributed by atoms with E-state index in [2.05, 4.69) is 60.7 Å². The molecular weight excluding hydrogens is 488 g/mol. The van der Waals surface area contributed by atoms with Gasteiger partial charge in [0.2, 0.25) is 0 Å². The van der Waals surface area contributed by atoms with Crippen LogP contribution in [0.3, 0.4) is 0 Å². The van der Waals surface area contributed by atoms with Crippen molar-refractivity contribution >= 4 is 76.2 Å². The standard InChI is InChI=1S/C38H20O2/c39-37(23-7-3-1-4-8-23)29-19-25-13-11-22-16-18-28-30(38(40)24-9-5-2-6-10-24)20-26-14-12-21-15-17-27(29)35-31(21)34(26)36(28)32(22)33(25)35/h1-20H. The van der Waals surface area contributed by atoms with Crippen LogP contribution in [0.25, 0.3) is 64.6 Å². The van der Waals surface area contributed by atoms with E-state index in [-0.39, 0.29) is 11.6 Å². The van der Waals surface area contributed by atoms with Gasteiger partial charge in [-0.3, -0.25) is 9.59 Å². The van der Waals surface area contributed by atoms with Crippen LogP contribution in [-0.2, 0) is 0 Å². The normalized spacial score (nSPS) is 12.2. The highest BCUT2D eigenvalue weighted by molar-refractivity contribution is 6.47. The summed E-state index contributed by atoms with van der Waals surface area (Å²) in [5.41, 5.74) is 2.81. The van der Waals surface area contributed by atoms with E-state index in [4.69, 9.17) is 0 Å². The molecule has 0 atom stereocenters. The molecule has 2 nitrogen and oxygen atoms in total. The Labute approximate surface area is 229 Å². The van der Waals surface area contributed by atoms with Crippen molar-refractivity contribution in [3.05, 3.63) is 144 Å². The molecule has 0 amide bonds. The summed E-state index contributed by atoms with van der Waals surface area (Å²) in [6.45, 7) is 0. The summed E-state index contributed by atoms with van der Waals surface area (Å²) in [5.74, 6) is 0.0591. The Balaban J connectivity index is 1.49. The summed E-state index contributed by atoms with van der Waals surface area (Å²) in [6, 6.07) is 40.2. The van der Waals surface area contributed by atoms with E-state index in [1.54, 1.807) is 0 Å². The molecule has 0 saturated carbocycles. The number of hydrogen-bond donors (Lipinski definition) is 0. The van der Waals surface area contributed by atoms with Crippen molar-refractivity contribution in [3.63, 3.8) is 0 Å². The van der Waals surface area contributed by atoms with E-state index in [1.807, 2.05) is 60.7 Å². The summed E-state index contributed by atoms with van der Waals surface area (Å²) < 4.78 is 0. The summed E-state index contributed by atoms with van der Waals surface area (Å²) in [7, 11) is 0. The van der Waals surface area contributed by atoms with E-state index >= 15 is 0 Å². The summed E-state index contributed by atoms with van der Waals surface area (Å²) in [5, 5.41) is 13.2. The van der Waals surface area contributed by atoms with Gasteiger partial charge in [0.25, 0.3) is 0 Å². The van der Waals surface area contributed by atoms with Crippen LogP contribution in [0, 0.1) is 0 Å². The lowest BCUT2D eigenvalue weighted by molar-refractivity contribution is 0.103. The largest absolute Gasteiger partial charge is 0.289 e. The predicted molar refractivity (Wildman–Crippen MR) is 165 cm³/mol. The second-order valence-corrected chi connectivity index (χ2v) is 10.7. The van der Waals surface area contributed by atoms with E-state index in [0.717, 1.165) is 75.8 Å². The van der Waals surface area contributed by atoms with E-state index in [9.17, 15) is 9.59 Å². The molecule has 9 rings (SSSR count). The maximum atomic E-state index is 13.9. The molecule has 0 unspecified atom stereocenters. The van der Waals surface area contributed by atoms with Crippen molar-refractivity contribution in [1.29, 1.82) is 0 Å². The Morgan fingerprint density at radius 2 is 0.700 bits per heavy atom. The van der Waals surface area contributed by atoms with E-state index in [0.29, 0.717) is 11.1 Å². The fourth-order valence-electron chi connectivity index (χ4n) is 6.95. The highest BCUT2D eigenvalue weighted by atomic mass is 16.1. The third kappa shape index (κ3) is 2.67. The summed E-state index contributed by atoms with van der Waals surface area (Å²) in [6.07, 6.45) is 0. The molecular formula is C38H20O2. The molecule has 0 spiro atoms. The van der Waals surface area contributed by atoms with Crippen LogP contribution in [0.1, 0.15) is 31.8 Å². The van der Waals surface area contributed by atoms with Crippen LogP contribution in [0.5, 0.6) is 0 Å². The smallest absolute Gasteiger partial charge is 0.193 e. The first kappa shape index (κ1) is 21.6. The van der Waals surface area contributed by atoms with Crippen LogP contribution < -0.4 is 0 Å². The van der Waals surface area contributed by atoms with E-state index < -0.39 is 0 Å². The summed E-state index contributed by atoms with van der Waals surface area (Å²) >= 11 is 0. The molecule has 0 heterocycles. The van der Waals surface area contributed by atoms with Crippen molar-refractivity contribution < 1.29 is 9.59 Å². The molecule has 9 aromatic carbocycles. The van der Waals surface area contributed by atoms with Gasteiger partial charge < -0.3 is 0 Å². The molecule has 0 aliphatic carbocycles. The molecule has 0 aromatic heterocycles. The van der Waals surface area contributed by atoms with E-state index in [1.165, 1.54) is 0 Å². The van der Waals surface area contributed by atoms with Crippen LogP contribution in [0.2, 0.25) is 0 Å². The van der Waals surface area contributed by atoms with Crippen molar-refractivity contribution in [2.75, 3.05) is 0 Å². The predicted octanol–water partition coefficient (Wildman–Crippen LogP) is 9.38. The Morgan fingerprint density at radius 1 is 0.350 bits per heavy atom. The number of benzene rings is 9. The minimum atomic E-state index is 0.0296. The van der Waals surface area contributed by atoms with Gasteiger partial charge in [-0.25, -0.2) is 0 Å². The Bertz CT molecular complexity index is 2240. The average molecular weight is 509 g/mol. The van der Waals surface area contributed by atoms with Gasteiger partial charge in [-0.15, -0.1) is 0 Å². The van der Waals surface area contributed by atoms with Gasteiger partial charge in [0.15, 0.2) is 11.6 Å². The Hall–Kier alpha value is -5.34. The minimum absolute atomic E-state index is 0.0296. The SMILES string of the molecule is O=C(c1ccccc1)c1cc2ccc3ccc4c(C(=O)c5ccccc5)cc5ccc6ccc1c1c6c5c4c3c21. The number of hydrogen-bond acceptors (Lipinski definition) is 2. The van der Waals surface area contributed by atoms with Crippen LogP contribution in [0.4, 0.5) is 0 Å². The monoisotopic (exact) mass is 508 g/mol. The molecule has 0 aliphatic rings. The third-order valence-corrected chi connectivity index (χ3v) is 8.68. The maximum Gasteiger partial charge on any atom is 0.193 e. The highest BCUT2D eigenvalue weighted by Crippen LogP contribution is 2.50. The number of carbonyl (C=O) groups excluding carboxylic acids is 2. The zero-order chi connectivity index (χ0) is 26.5. The molecule has 0 radical (unpaired) electrons. The quantitative estimate of drug-likeness (QED) is 0.135. The Morgan fingerprint density at radius 3 is 1.12 bits per heavy atom. The number of rotatable bonds is 4. The highest BCUT2D eigenvalue weighted by Gasteiger charge is 2.25.